The van der Waals surface area contributed by atoms with Crippen molar-refractivity contribution in [1.82, 2.24) is 9.38 Å². The molecule has 0 unspecified atom stereocenters. The maximum atomic E-state index is 9.67. The lowest BCUT2D eigenvalue weighted by molar-refractivity contribution is 0.475. The molecule has 4 rings (SSSR count). The predicted octanol–water partition coefficient (Wildman–Crippen LogP) is 4.12. The van der Waals surface area contributed by atoms with Crippen LogP contribution in [0.25, 0.3) is 16.7 Å². The Bertz CT molecular complexity index is 1120. The summed E-state index contributed by atoms with van der Waals surface area (Å²) in [6, 6.07) is 18.9. The Morgan fingerprint density at radius 2 is 1.96 bits per heavy atom. The molecule has 0 amide bonds. The Morgan fingerprint density at radius 1 is 1.12 bits per heavy atom. The van der Waals surface area contributed by atoms with E-state index in [1.807, 2.05) is 47.7 Å². The summed E-state index contributed by atoms with van der Waals surface area (Å²) in [7, 11) is 0. The Morgan fingerprint density at radius 3 is 2.75 bits per heavy atom. The van der Waals surface area contributed by atoms with E-state index in [1.54, 1.807) is 18.2 Å². The fourth-order valence-electron chi connectivity index (χ4n) is 2.92. The van der Waals surface area contributed by atoms with E-state index in [1.165, 1.54) is 0 Å². The third kappa shape index (κ3) is 2.13. The molecule has 0 aliphatic heterocycles. The second-order valence-electron chi connectivity index (χ2n) is 5.63. The molecule has 116 valence electrons. The van der Waals surface area contributed by atoms with Crippen molar-refractivity contribution < 1.29 is 5.11 Å². The number of nitrogens with zero attached hydrogens (tertiary/aromatic N) is 3. The number of anilines is 2. The lowest BCUT2D eigenvalue weighted by Crippen LogP contribution is -2.01. The molecule has 2 aromatic carbocycles. The van der Waals surface area contributed by atoms with Gasteiger partial charge in [-0.2, -0.15) is 5.26 Å². The van der Waals surface area contributed by atoms with Gasteiger partial charge in [-0.3, -0.25) is 4.40 Å². The molecule has 0 fully saturated rings. The summed E-state index contributed by atoms with van der Waals surface area (Å²) in [6.07, 6.45) is 0. The molecule has 24 heavy (non-hydrogen) atoms. The molecule has 2 aromatic heterocycles. The third-order valence-corrected chi connectivity index (χ3v) is 4.00. The van der Waals surface area contributed by atoms with Gasteiger partial charge in [-0.25, -0.2) is 4.98 Å². The van der Waals surface area contributed by atoms with E-state index in [4.69, 9.17) is 0 Å². The molecular formula is C19H14N4O. The number of para-hydroxylation sites is 2. The fourth-order valence-corrected chi connectivity index (χ4v) is 2.92. The first-order valence-electron chi connectivity index (χ1n) is 7.54. The van der Waals surface area contributed by atoms with Crippen LogP contribution < -0.4 is 5.32 Å². The number of phenolic OH excluding ortho intramolecular Hbond substituents is 1. The number of aromatic hydroxyl groups is 1. The summed E-state index contributed by atoms with van der Waals surface area (Å²) in [5.74, 6) is 0.984. The van der Waals surface area contributed by atoms with Crippen LogP contribution in [0.2, 0.25) is 0 Å². The lowest BCUT2D eigenvalue weighted by Gasteiger charge is -2.12. The van der Waals surface area contributed by atoms with E-state index in [0.29, 0.717) is 11.2 Å². The van der Waals surface area contributed by atoms with Crippen molar-refractivity contribution in [2.45, 2.75) is 6.92 Å². The number of nitriles is 1. The van der Waals surface area contributed by atoms with Crippen LogP contribution in [-0.2, 0) is 0 Å². The highest BCUT2D eigenvalue weighted by Crippen LogP contribution is 2.29. The molecule has 2 N–H and O–H groups in total. The number of fused-ring (bicyclic) bond motifs is 3. The van der Waals surface area contributed by atoms with Crippen molar-refractivity contribution >= 4 is 28.2 Å². The van der Waals surface area contributed by atoms with Gasteiger partial charge in [0.25, 0.3) is 0 Å². The molecule has 0 aliphatic carbocycles. The summed E-state index contributed by atoms with van der Waals surface area (Å²) in [6.45, 7) is 1.89. The van der Waals surface area contributed by atoms with Crippen molar-refractivity contribution in [2.24, 2.45) is 0 Å². The second-order valence-corrected chi connectivity index (χ2v) is 5.63. The molecule has 0 saturated heterocycles. The Kier molecular flexibility index (Phi) is 3.10. The molecule has 4 aromatic rings. The minimum absolute atomic E-state index is 0.192. The van der Waals surface area contributed by atoms with Crippen molar-refractivity contribution in [1.29, 1.82) is 5.26 Å². The van der Waals surface area contributed by atoms with Crippen LogP contribution in [0.5, 0.6) is 5.75 Å². The van der Waals surface area contributed by atoms with Gasteiger partial charge in [-0.15, -0.1) is 0 Å². The van der Waals surface area contributed by atoms with Gasteiger partial charge in [0.2, 0.25) is 0 Å². The highest BCUT2D eigenvalue weighted by molar-refractivity contribution is 5.85. The number of rotatable bonds is 2. The molecule has 0 aliphatic rings. The van der Waals surface area contributed by atoms with Crippen LogP contribution in [0.1, 0.15) is 11.1 Å². The normalized spacial score (nSPS) is 10.8. The quantitative estimate of drug-likeness (QED) is 0.584. The monoisotopic (exact) mass is 314 g/mol. The van der Waals surface area contributed by atoms with E-state index < -0.39 is 0 Å². The predicted molar refractivity (Wildman–Crippen MR) is 93.5 cm³/mol. The zero-order chi connectivity index (χ0) is 16.7. The van der Waals surface area contributed by atoms with Gasteiger partial charge >= 0.3 is 0 Å². The van der Waals surface area contributed by atoms with Crippen LogP contribution in [0.4, 0.5) is 11.5 Å². The van der Waals surface area contributed by atoms with Gasteiger partial charge < -0.3 is 10.4 Å². The second kappa shape index (κ2) is 5.28. The van der Waals surface area contributed by atoms with Gasteiger partial charge in [0.05, 0.1) is 16.6 Å². The van der Waals surface area contributed by atoms with Crippen molar-refractivity contribution in [2.75, 3.05) is 5.32 Å². The number of imidazole rings is 1. The zero-order valence-corrected chi connectivity index (χ0v) is 13.0. The van der Waals surface area contributed by atoms with Crippen LogP contribution in [0.3, 0.4) is 0 Å². The van der Waals surface area contributed by atoms with E-state index in [9.17, 15) is 10.4 Å². The molecule has 0 radical (unpaired) electrons. The standard InChI is InChI=1S/C19H14N4O/c1-12-9-18(21-13-5-4-6-14(24)10-13)23-17-8-3-2-7-16(17)22-19(23)15(12)11-20/h2-10,21,24H,1H3. The number of benzene rings is 2. The molecule has 0 spiro atoms. The summed E-state index contributed by atoms with van der Waals surface area (Å²) < 4.78 is 1.94. The highest BCUT2D eigenvalue weighted by Gasteiger charge is 2.15. The maximum Gasteiger partial charge on any atom is 0.157 e. The first-order valence-corrected chi connectivity index (χ1v) is 7.54. The number of aryl methyl sites for hydroxylation is 1. The van der Waals surface area contributed by atoms with Crippen molar-refractivity contribution in [3.05, 3.63) is 65.7 Å². The van der Waals surface area contributed by atoms with E-state index >= 15 is 0 Å². The van der Waals surface area contributed by atoms with Gasteiger partial charge in [0.1, 0.15) is 17.6 Å². The summed E-state index contributed by atoms with van der Waals surface area (Å²) >= 11 is 0. The molecule has 5 heteroatoms. The minimum atomic E-state index is 0.192. The zero-order valence-electron chi connectivity index (χ0n) is 13.0. The lowest BCUT2D eigenvalue weighted by atomic mass is 10.1. The van der Waals surface area contributed by atoms with E-state index in [2.05, 4.69) is 16.4 Å². The Balaban J connectivity index is 2.03. The molecule has 5 nitrogen and oxygen atoms in total. The smallest absolute Gasteiger partial charge is 0.157 e. The number of aromatic nitrogens is 2. The molecule has 2 heterocycles. The Labute approximate surface area is 138 Å². The Hall–Kier alpha value is -3.52. The molecule has 0 saturated carbocycles. The highest BCUT2D eigenvalue weighted by atomic mass is 16.3. The number of phenols is 1. The van der Waals surface area contributed by atoms with E-state index in [-0.39, 0.29) is 5.75 Å². The van der Waals surface area contributed by atoms with Crippen molar-refractivity contribution in [3.8, 4) is 11.8 Å². The fraction of sp³-hybridized carbons (Fsp3) is 0.0526. The first kappa shape index (κ1) is 14.1. The third-order valence-electron chi connectivity index (χ3n) is 4.00. The van der Waals surface area contributed by atoms with Crippen molar-refractivity contribution in [3.63, 3.8) is 0 Å². The van der Waals surface area contributed by atoms with Crippen LogP contribution in [0, 0.1) is 18.3 Å². The number of hydrogen-bond donors (Lipinski definition) is 2. The summed E-state index contributed by atoms with van der Waals surface area (Å²) in [5, 5.41) is 22.5. The first-order chi connectivity index (χ1) is 11.7. The summed E-state index contributed by atoms with van der Waals surface area (Å²) in [5.41, 5.74) is 4.56. The maximum absolute atomic E-state index is 9.67. The average Bonchev–Trinajstić information content (AvgIpc) is 2.94. The molecule has 0 atom stereocenters. The molecule has 0 bridgehead atoms. The number of hydrogen-bond acceptors (Lipinski definition) is 4. The summed E-state index contributed by atoms with van der Waals surface area (Å²) in [4.78, 5) is 4.62. The largest absolute Gasteiger partial charge is 0.508 e. The van der Waals surface area contributed by atoms with Gasteiger partial charge in [-0.1, -0.05) is 18.2 Å². The van der Waals surface area contributed by atoms with E-state index in [0.717, 1.165) is 28.1 Å². The minimum Gasteiger partial charge on any atom is -0.508 e. The topological polar surface area (TPSA) is 73.3 Å². The molecular weight excluding hydrogens is 300 g/mol. The van der Waals surface area contributed by atoms with Crippen LogP contribution in [-0.4, -0.2) is 14.5 Å². The number of pyridine rings is 1. The average molecular weight is 314 g/mol. The van der Waals surface area contributed by atoms with Crippen LogP contribution in [0.15, 0.2) is 54.6 Å². The van der Waals surface area contributed by atoms with Gasteiger partial charge in [0.15, 0.2) is 5.65 Å². The van der Waals surface area contributed by atoms with Gasteiger partial charge in [-0.05, 0) is 42.8 Å². The number of nitrogens with one attached hydrogen (secondary N) is 1. The van der Waals surface area contributed by atoms with Gasteiger partial charge in [0, 0.05) is 11.8 Å². The SMILES string of the molecule is Cc1cc(Nc2cccc(O)c2)n2c(nc3ccccc32)c1C#N. The van der Waals surface area contributed by atoms with Crippen LogP contribution >= 0.6 is 0 Å².